The molecule has 2 aromatic carbocycles. The second-order valence-corrected chi connectivity index (χ2v) is 7.29. The molecular weight excluding hydrogens is 370 g/mol. The first-order valence-electron chi connectivity index (χ1n) is 9.00. The molecule has 0 aliphatic carbocycles. The van der Waals surface area contributed by atoms with Gasteiger partial charge in [-0.05, 0) is 6.92 Å². The lowest BCUT2D eigenvalue weighted by molar-refractivity contribution is -0.116. The molecule has 0 unspecified atom stereocenters. The monoisotopic (exact) mass is 389 g/mol. The molecule has 0 atom stereocenters. The SMILES string of the molecule is Cc1ccc(-c2cnc(CCC(=O)Nc3nc(-c4ccccc4)cs3)o2)cc1. The average Bonchev–Trinajstić information content (AvgIpc) is 3.37. The van der Waals surface area contributed by atoms with Crippen molar-refractivity contribution in [2.24, 2.45) is 0 Å². The maximum absolute atomic E-state index is 12.2. The summed E-state index contributed by atoms with van der Waals surface area (Å²) in [6, 6.07) is 17.9. The number of nitrogens with one attached hydrogen (secondary N) is 1. The lowest BCUT2D eigenvalue weighted by atomic mass is 10.1. The molecule has 0 radical (unpaired) electrons. The fourth-order valence-electron chi connectivity index (χ4n) is 2.75. The Labute approximate surface area is 167 Å². The zero-order valence-corrected chi connectivity index (χ0v) is 16.2. The van der Waals surface area contributed by atoms with E-state index in [1.165, 1.54) is 16.9 Å². The normalized spacial score (nSPS) is 10.8. The van der Waals surface area contributed by atoms with Crippen LogP contribution in [-0.4, -0.2) is 15.9 Å². The Morgan fingerprint density at radius 3 is 2.64 bits per heavy atom. The molecule has 6 heteroatoms. The molecule has 4 rings (SSSR count). The summed E-state index contributed by atoms with van der Waals surface area (Å²) in [6.45, 7) is 2.04. The molecule has 0 spiro atoms. The van der Waals surface area contributed by atoms with Crippen LogP contribution in [0.3, 0.4) is 0 Å². The summed E-state index contributed by atoms with van der Waals surface area (Å²) in [6.07, 6.45) is 2.42. The number of carbonyl (C=O) groups is 1. The fourth-order valence-corrected chi connectivity index (χ4v) is 3.49. The molecule has 140 valence electrons. The lowest BCUT2D eigenvalue weighted by Gasteiger charge is -2.00. The van der Waals surface area contributed by atoms with Crippen LogP contribution < -0.4 is 5.32 Å². The minimum atomic E-state index is -0.107. The van der Waals surface area contributed by atoms with Crippen molar-refractivity contribution in [3.63, 3.8) is 0 Å². The Morgan fingerprint density at radius 2 is 1.86 bits per heavy atom. The minimum absolute atomic E-state index is 0.107. The van der Waals surface area contributed by atoms with Gasteiger partial charge in [-0.1, -0.05) is 60.2 Å². The van der Waals surface area contributed by atoms with Crippen molar-refractivity contribution in [3.05, 3.63) is 77.6 Å². The van der Waals surface area contributed by atoms with Gasteiger partial charge in [0.25, 0.3) is 0 Å². The number of hydrogen-bond acceptors (Lipinski definition) is 5. The third-order valence-electron chi connectivity index (χ3n) is 4.28. The molecule has 0 aliphatic rings. The minimum Gasteiger partial charge on any atom is -0.441 e. The third kappa shape index (κ3) is 4.35. The van der Waals surface area contributed by atoms with Crippen LogP contribution in [0, 0.1) is 6.92 Å². The molecule has 0 saturated carbocycles. The number of nitrogens with zero attached hydrogens (tertiary/aromatic N) is 2. The predicted octanol–water partition coefficient (Wildman–Crippen LogP) is 5.34. The summed E-state index contributed by atoms with van der Waals surface area (Å²) in [5, 5.41) is 5.38. The van der Waals surface area contributed by atoms with Crippen molar-refractivity contribution in [2.75, 3.05) is 5.32 Å². The number of thiazole rings is 1. The number of oxazole rings is 1. The highest BCUT2D eigenvalue weighted by atomic mass is 32.1. The highest BCUT2D eigenvalue weighted by Gasteiger charge is 2.11. The van der Waals surface area contributed by atoms with E-state index in [0.717, 1.165) is 16.8 Å². The van der Waals surface area contributed by atoms with Gasteiger partial charge in [0.1, 0.15) is 0 Å². The number of aromatic nitrogens is 2. The van der Waals surface area contributed by atoms with Gasteiger partial charge >= 0.3 is 0 Å². The van der Waals surface area contributed by atoms with Crippen molar-refractivity contribution in [2.45, 2.75) is 19.8 Å². The standard InChI is InChI=1S/C22H19N3O2S/c1-15-7-9-17(10-8-15)19-13-23-21(27-19)12-11-20(26)25-22-24-18(14-28-22)16-5-3-2-4-6-16/h2-10,13-14H,11-12H2,1H3,(H,24,25,26). The maximum atomic E-state index is 12.2. The van der Waals surface area contributed by atoms with E-state index in [-0.39, 0.29) is 12.3 Å². The quantitative estimate of drug-likeness (QED) is 0.483. The Kier molecular flexibility index (Phi) is 5.30. The van der Waals surface area contributed by atoms with Gasteiger partial charge in [-0.15, -0.1) is 11.3 Å². The summed E-state index contributed by atoms with van der Waals surface area (Å²) in [5.41, 5.74) is 4.06. The van der Waals surface area contributed by atoms with E-state index in [2.05, 4.69) is 15.3 Å². The number of benzene rings is 2. The molecule has 0 saturated heterocycles. The summed E-state index contributed by atoms with van der Waals surface area (Å²) in [4.78, 5) is 21.0. The van der Waals surface area contributed by atoms with Crippen molar-refractivity contribution in [1.82, 2.24) is 9.97 Å². The van der Waals surface area contributed by atoms with Gasteiger partial charge in [-0.25, -0.2) is 9.97 Å². The van der Waals surface area contributed by atoms with E-state index >= 15 is 0 Å². The van der Waals surface area contributed by atoms with Crippen LogP contribution in [0.5, 0.6) is 0 Å². The number of amides is 1. The van der Waals surface area contributed by atoms with Gasteiger partial charge < -0.3 is 9.73 Å². The molecule has 0 aliphatic heterocycles. The molecule has 0 fully saturated rings. The number of hydrogen-bond donors (Lipinski definition) is 1. The first kappa shape index (κ1) is 18.1. The molecule has 1 N–H and O–H groups in total. The topological polar surface area (TPSA) is 68.0 Å². The van der Waals surface area contributed by atoms with Crippen LogP contribution in [0.4, 0.5) is 5.13 Å². The summed E-state index contributed by atoms with van der Waals surface area (Å²) in [5.74, 6) is 1.15. The van der Waals surface area contributed by atoms with Crippen LogP contribution >= 0.6 is 11.3 Å². The molecule has 5 nitrogen and oxygen atoms in total. The zero-order chi connectivity index (χ0) is 19.3. The van der Waals surface area contributed by atoms with Crippen LogP contribution in [0.1, 0.15) is 17.9 Å². The molecule has 1 amide bonds. The zero-order valence-electron chi connectivity index (χ0n) is 15.4. The summed E-state index contributed by atoms with van der Waals surface area (Å²) >= 11 is 1.41. The molecule has 0 bridgehead atoms. The number of aryl methyl sites for hydroxylation is 2. The summed E-state index contributed by atoms with van der Waals surface area (Å²) in [7, 11) is 0. The van der Waals surface area contributed by atoms with E-state index in [0.29, 0.717) is 23.2 Å². The second-order valence-electron chi connectivity index (χ2n) is 6.44. The molecule has 28 heavy (non-hydrogen) atoms. The first-order valence-corrected chi connectivity index (χ1v) is 9.88. The van der Waals surface area contributed by atoms with Crippen molar-refractivity contribution >= 4 is 22.4 Å². The molecule has 2 heterocycles. The van der Waals surface area contributed by atoms with Crippen molar-refractivity contribution in [1.29, 1.82) is 0 Å². The maximum Gasteiger partial charge on any atom is 0.226 e. The van der Waals surface area contributed by atoms with E-state index in [1.807, 2.05) is 66.9 Å². The average molecular weight is 389 g/mol. The second kappa shape index (κ2) is 8.19. The van der Waals surface area contributed by atoms with Crippen molar-refractivity contribution in [3.8, 4) is 22.6 Å². The lowest BCUT2D eigenvalue weighted by Crippen LogP contribution is -2.12. The first-order chi connectivity index (χ1) is 13.7. The van der Waals surface area contributed by atoms with Crippen LogP contribution in [0.15, 0.2) is 70.6 Å². The Hall–Kier alpha value is -3.25. The largest absolute Gasteiger partial charge is 0.441 e. The van der Waals surface area contributed by atoms with Crippen molar-refractivity contribution < 1.29 is 9.21 Å². The molecular formula is C22H19N3O2S. The molecule has 2 aromatic heterocycles. The number of rotatable bonds is 6. The van der Waals surface area contributed by atoms with Gasteiger partial charge in [-0.2, -0.15) is 0 Å². The van der Waals surface area contributed by atoms with E-state index in [9.17, 15) is 4.79 Å². The Balaban J connectivity index is 1.33. The highest BCUT2D eigenvalue weighted by molar-refractivity contribution is 7.14. The van der Waals surface area contributed by atoms with E-state index in [4.69, 9.17) is 4.42 Å². The van der Waals surface area contributed by atoms with Gasteiger partial charge in [-0.3, -0.25) is 4.79 Å². The molecule has 4 aromatic rings. The van der Waals surface area contributed by atoms with Gasteiger partial charge in [0.15, 0.2) is 16.8 Å². The number of carbonyl (C=O) groups excluding carboxylic acids is 1. The van der Waals surface area contributed by atoms with Crippen LogP contribution in [-0.2, 0) is 11.2 Å². The van der Waals surface area contributed by atoms with Gasteiger partial charge in [0.2, 0.25) is 5.91 Å². The fraction of sp³-hybridized carbons (Fsp3) is 0.136. The van der Waals surface area contributed by atoms with E-state index < -0.39 is 0 Å². The highest BCUT2D eigenvalue weighted by Crippen LogP contribution is 2.25. The Bertz CT molecular complexity index is 1070. The van der Waals surface area contributed by atoms with E-state index in [1.54, 1.807) is 6.20 Å². The predicted molar refractivity (Wildman–Crippen MR) is 111 cm³/mol. The van der Waals surface area contributed by atoms with Crippen LogP contribution in [0.25, 0.3) is 22.6 Å². The third-order valence-corrected chi connectivity index (χ3v) is 5.03. The smallest absolute Gasteiger partial charge is 0.226 e. The Morgan fingerprint density at radius 1 is 1.07 bits per heavy atom. The number of anilines is 1. The van der Waals surface area contributed by atoms with Crippen LogP contribution in [0.2, 0.25) is 0 Å². The van der Waals surface area contributed by atoms with Gasteiger partial charge in [0, 0.05) is 29.3 Å². The summed E-state index contributed by atoms with van der Waals surface area (Å²) < 4.78 is 5.77. The van der Waals surface area contributed by atoms with Gasteiger partial charge in [0.05, 0.1) is 11.9 Å².